The van der Waals surface area contributed by atoms with E-state index >= 15 is 0 Å². The number of aryl methyl sites for hydroxylation is 1. The van der Waals surface area contributed by atoms with E-state index in [1.807, 2.05) is 32.3 Å². The van der Waals surface area contributed by atoms with Crippen LogP contribution in [-0.2, 0) is 13.6 Å². The number of nitrogens with two attached hydrogens (primary N) is 1. The second kappa shape index (κ2) is 3.99. The predicted molar refractivity (Wildman–Crippen MR) is 73.1 cm³/mol. The molecular weight excluding hydrogens is 224 g/mol. The Bertz CT molecular complexity index is 706. The predicted octanol–water partition coefficient (Wildman–Crippen LogP) is 2.34. The molecule has 0 bridgehead atoms. The van der Waals surface area contributed by atoms with Crippen LogP contribution in [0.3, 0.4) is 0 Å². The summed E-state index contributed by atoms with van der Waals surface area (Å²) in [5.74, 6) is 0.982. The van der Waals surface area contributed by atoms with Crippen molar-refractivity contribution in [3.8, 4) is 11.3 Å². The summed E-state index contributed by atoms with van der Waals surface area (Å²) in [5.41, 5.74) is 10.1. The minimum Gasteiger partial charge on any atom is -0.360 e. The Morgan fingerprint density at radius 1 is 1.33 bits per heavy atom. The molecule has 0 spiro atoms. The maximum atomic E-state index is 5.80. The van der Waals surface area contributed by atoms with Crippen molar-refractivity contribution >= 4 is 10.9 Å². The van der Waals surface area contributed by atoms with Crippen LogP contribution in [0.1, 0.15) is 11.5 Å². The highest BCUT2D eigenvalue weighted by Crippen LogP contribution is 2.31. The van der Waals surface area contributed by atoms with Crippen LogP contribution in [0.2, 0.25) is 0 Å². The van der Waals surface area contributed by atoms with Crippen molar-refractivity contribution in [2.75, 3.05) is 0 Å². The number of H-pyrrole nitrogens is 1. The van der Waals surface area contributed by atoms with Gasteiger partial charge in [-0.15, -0.1) is 0 Å². The maximum Gasteiger partial charge on any atom is 0.106 e. The highest BCUT2D eigenvalue weighted by atomic mass is 15.1. The van der Waals surface area contributed by atoms with Crippen LogP contribution in [0.15, 0.2) is 30.5 Å². The molecule has 2 heterocycles. The van der Waals surface area contributed by atoms with Gasteiger partial charge in [-0.2, -0.15) is 0 Å². The molecule has 0 atom stereocenters. The lowest BCUT2D eigenvalue weighted by molar-refractivity contribution is 0.865. The molecule has 0 aliphatic rings. The number of nitrogens with zero attached hydrogens (tertiary/aromatic N) is 2. The molecule has 0 radical (unpaired) electrons. The van der Waals surface area contributed by atoms with E-state index in [2.05, 4.69) is 26.7 Å². The topological polar surface area (TPSA) is 59.6 Å². The highest BCUT2D eigenvalue weighted by molar-refractivity contribution is 5.95. The number of fused-ring (bicyclic) bond motifs is 1. The average Bonchev–Trinajstić information content (AvgIpc) is 2.92. The molecule has 3 aromatic rings. The third-order valence-corrected chi connectivity index (χ3v) is 3.43. The standard InChI is InChI=1S/C14H16N4/c1-9-17-13(7-15)14(18(9)2)11-8-16-12-6-4-3-5-10(11)12/h3-6,8,16H,7,15H2,1-2H3. The Hall–Kier alpha value is -2.07. The molecule has 0 fully saturated rings. The summed E-state index contributed by atoms with van der Waals surface area (Å²) in [6.07, 6.45) is 2.03. The molecule has 4 nitrogen and oxygen atoms in total. The fraction of sp³-hybridized carbons (Fsp3) is 0.214. The lowest BCUT2D eigenvalue weighted by atomic mass is 10.1. The van der Waals surface area contributed by atoms with Gasteiger partial charge in [0, 0.05) is 36.3 Å². The van der Waals surface area contributed by atoms with Crippen molar-refractivity contribution < 1.29 is 0 Å². The van der Waals surface area contributed by atoms with Crippen LogP contribution in [-0.4, -0.2) is 14.5 Å². The number of benzene rings is 1. The van der Waals surface area contributed by atoms with E-state index in [1.54, 1.807) is 0 Å². The second-order valence-corrected chi connectivity index (χ2v) is 4.47. The summed E-state index contributed by atoms with van der Waals surface area (Å²) in [5, 5.41) is 1.20. The lowest BCUT2D eigenvalue weighted by Gasteiger charge is -2.04. The van der Waals surface area contributed by atoms with E-state index in [0.717, 1.165) is 28.3 Å². The number of hydrogen-bond donors (Lipinski definition) is 2. The number of nitrogens with one attached hydrogen (secondary N) is 1. The van der Waals surface area contributed by atoms with Crippen molar-refractivity contribution in [2.45, 2.75) is 13.5 Å². The van der Waals surface area contributed by atoms with Crippen LogP contribution in [0.4, 0.5) is 0 Å². The van der Waals surface area contributed by atoms with Gasteiger partial charge in [0.05, 0.1) is 11.4 Å². The number of hydrogen-bond acceptors (Lipinski definition) is 2. The summed E-state index contributed by atoms with van der Waals surface area (Å²) in [4.78, 5) is 7.81. The summed E-state index contributed by atoms with van der Waals surface area (Å²) in [6, 6.07) is 8.26. The molecule has 0 unspecified atom stereocenters. The van der Waals surface area contributed by atoms with Gasteiger partial charge in [-0.05, 0) is 13.0 Å². The fourth-order valence-electron chi connectivity index (χ4n) is 2.42. The van der Waals surface area contributed by atoms with Gasteiger partial charge in [-0.25, -0.2) is 4.98 Å². The van der Waals surface area contributed by atoms with Crippen LogP contribution >= 0.6 is 0 Å². The SMILES string of the molecule is Cc1nc(CN)c(-c2c[nH]c3ccccc23)n1C. The van der Waals surface area contributed by atoms with Crippen LogP contribution in [0, 0.1) is 6.92 Å². The lowest BCUT2D eigenvalue weighted by Crippen LogP contribution is -2.00. The van der Waals surface area contributed by atoms with E-state index in [4.69, 9.17) is 5.73 Å². The van der Waals surface area contributed by atoms with Gasteiger partial charge in [0.1, 0.15) is 5.82 Å². The van der Waals surface area contributed by atoms with E-state index in [-0.39, 0.29) is 0 Å². The van der Waals surface area contributed by atoms with Crippen molar-refractivity contribution in [3.05, 3.63) is 42.0 Å². The minimum absolute atomic E-state index is 0.455. The van der Waals surface area contributed by atoms with Crippen molar-refractivity contribution in [1.82, 2.24) is 14.5 Å². The van der Waals surface area contributed by atoms with Crippen molar-refractivity contribution in [2.24, 2.45) is 12.8 Å². The van der Waals surface area contributed by atoms with E-state index in [1.165, 1.54) is 5.39 Å². The first-order chi connectivity index (χ1) is 8.72. The van der Waals surface area contributed by atoms with Crippen LogP contribution in [0.5, 0.6) is 0 Å². The van der Waals surface area contributed by atoms with Gasteiger partial charge < -0.3 is 15.3 Å². The normalized spacial score (nSPS) is 11.3. The van der Waals surface area contributed by atoms with Gasteiger partial charge in [-0.3, -0.25) is 0 Å². The van der Waals surface area contributed by atoms with Crippen molar-refractivity contribution in [1.29, 1.82) is 0 Å². The highest BCUT2D eigenvalue weighted by Gasteiger charge is 2.16. The van der Waals surface area contributed by atoms with Crippen LogP contribution in [0.25, 0.3) is 22.2 Å². The van der Waals surface area contributed by atoms with Gasteiger partial charge in [-0.1, -0.05) is 18.2 Å². The largest absolute Gasteiger partial charge is 0.360 e. The molecule has 0 aliphatic heterocycles. The molecule has 4 heteroatoms. The van der Waals surface area contributed by atoms with Gasteiger partial charge >= 0.3 is 0 Å². The summed E-state index contributed by atoms with van der Waals surface area (Å²) in [7, 11) is 2.03. The molecule has 0 saturated heterocycles. The minimum atomic E-state index is 0.455. The number of aromatic amines is 1. The van der Waals surface area contributed by atoms with E-state index in [0.29, 0.717) is 6.54 Å². The molecule has 18 heavy (non-hydrogen) atoms. The first-order valence-corrected chi connectivity index (χ1v) is 6.01. The molecule has 2 aromatic heterocycles. The molecular formula is C14H16N4. The summed E-state index contributed by atoms with van der Waals surface area (Å²) < 4.78 is 2.10. The first kappa shape index (κ1) is 11.0. The number of aromatic nitrogens is 3. The zero-order valence-corrected chi connectivity index (χ0v) is 10.6. The zero-order valence-electron chi connectivity index (χ0n) is 10.6. The molecule has 0 amide bonds. The molecule has 1 aromatic carbocycles. The third kappa shape index (κ3) is 1.46. The van der Waals surface area contributed by atoms with E-state index in [9.17, 15) is 0 Å². The monoisotopic (exact) mass is 240 g/mol. The van der Waals surface area contributed by atoms with E-state index < -0.39 is 0 Å². The summed E-state index contributed by atoms with van der Waals surface area (Å²) in [6.45, 7) is 2.45. The van der Waals surface area contributed by atoms with Gasteiger partial charge in [0.15, 0.2) is 0 Å². The van der Waals surface area contributed by atoms with Gasteiger partial charge in [0.25, 0.3) is 0 Å². The Kier molecular flexibility index (Phi) is 2.45. The smallest absolute Gasteiger partial charge is 0.106 e. The number of para-hydroxylation sites is 1. The zero-order chi connectivity index (χ0) is 12.7. The molecule has 0 aliphatic carbocycles. The maximum absolute atomic E-state index is 5.80. The Labute approximate surface area is 105 Å². The number of imidazole rings is 1. The number of rotatable bonds is 2. The molecule has 3 rings (SSSR count). The first-order valence-electron chi connectivity index (χ1n) is 6.01. The summed E-state index contributed by atoms with van der Waals surface area (Å²) >= 11 is 0. The van der Waals surface area contributed by atoms with Crippen LogP contribution < -0.4 is 5.73 Å². The van der Waals surface area contributed by atoms with Crippen molar-refractivity contribution in [3.63, 3.8) is 0 Å². The molecule has 3 N–H and O–H groups in total. The molecule has 92 valence electrons. The Morgan fingerprint density at radius 2 is 2.11 bits per heavy atom. The molecule has 0 saturated carbocycles. The quantitative estimate of drug-likeness (QED) is 0.722. The third-order valence-electron chi connectivity index (χ3n) is 3.43. The Balaban J connectivity index is 2.32. The average molecular weight is 240 g/mol. The van der Waals surface area contributed by atoms with Gasteiger partial charge in [0.2, 0.25) is 0 Å². The fourth-order valence-corrected chi connectivity index (χ4v) is 2.42. The Morgan fingerprint density at radius 3 is 2.89 bits per heavy atom. The second-order valence-electron chi connectivity index (χ2n) is 4.47.